The molecule has 6 nitrogen and oxygen atoms in total. The highest BCUT2D eigenvalue weighted by Gasteiger charge is 2.17. The van der Waals surface area contributed by atoms with Gasteiger partial charge in [0.1, 0.15) is 4.21 Å². The fraction of sp³-hybridized carbons (Fsp3) is 0.200. The molecule has 0 aliphatic rings. The molecule has 0 unspecified atom stereocenters. The number of hydrogen-bond donors (Lipinski definition) is 1. The number of nitrogens with one attached hydrogen (secondary N) is 1. The van der Waals surface area contributed by atoms with E-state index in [1.165, 1.54) is 11.3 Å². The van der Waals surface area contributed by atoms with Gasteiger partial charge in [-0.15, -0.1) is 21.5 Å². The van der Waals surface area contributed by atoms with Crippen LogP contribution in [0.25, 0.3) is 11.5 Å². The van der Waals surface area contributed by atoms with Crippen molar-refractivity contribution in [1.29, 1.82) is 0 Å². The molecule has 3 aromatic rings. The average Bonchev–Trinajstić information content (AvgIpc) is 3.14. The molecule has 23 heavy (non-hydrogen) atoms. The van der Waals surface area contributed by atoms with Crippen molar-refractivity contribution in [2.24, 2.45) is 0 Å². The van der Waals surface area contributed by atoms with E-state index < -0.39 is 10.0 Å². The molecule has 3 rings (SSSR count). The molecule has 0 bridgehead atoms. The molecule has 120 valence electrons. The summed E-state index contributed by atoms with van der Waals surface area (Å²) in [5.74, 6) is 0.591. The summed E-state index contributed by atoms with van der Waals surface area (Å²) in [5, 5.41) is 7.84. The molecule has 0 aliphatic heterocycles. The zero-order valence-electron chi connectivity index (χ0n) is 12.6. The van der Waals surface area contributed by atoms with Gasteiger partial charge in [-0.2, -0.15) is 0 Å². The zero-order chi connectivity index (χ0) is 16.4. The number of hydrogen-bond acceptors (Lipinski definition) is 6. The normalized spacial score (nSPS) is 11.7. The molecule has 0 amide bonds. The Hall–Kier alpha value is -2.03. The number of sulfonamides is 1. The predicted octanol–water partition coefficient (Wildman–Crippen LogP) is 2.89. The van der Waals surface area contributed by atoms with Crippen molar-refractivity contribution in [2.75, 3.05) is 0 Å². The minimum Gasteiger partial charge on any atom is -0.419 e. The molecule has 0 radical (unpaired) electrons. The average molecular weight is 349 g/mol. The number of rotatable bonds is 5. The number of nitrogens with zero attached hydrogens (tertiary/aromatic N) is 2. The van der Waals surface area contributed by atoms with Gasteiger partial charge in [-0.05, 0) is 38.1 Å². The molecule has 0 fully saturated rings. The molecule has 0 aliphatic carbocycles. The van der Waals surface area contributed by atoms with Crippen LogP contribution in [0.1, 0.15) is 16.3 Å². The first-order chi connectivity index (χ1) is 10.9. The van der Waals surface area contributed by atoms with Gasteiger partial charge in [0.05, 0.1) is 6.54 Å². The lowest BCUT2D eigenvalue weighted by molar-refractivity contribution is 0.494. The molecule has 8 heteroatoms. The van der Waals surface area contributed by atoms with Crippen LogP contribution in [-0.2, 0) is 16.6 Å². The van der Waals surface area contributed by atoms with E-state index in [1.54, 1.807) is 12.1 Å². The largest absolute Gasteiger partial charge is 0.419 e. The topological polar surface area (TPSA) is 85.1 Å². The first-order valence-corrected chi connectivity index (χ1v) is 9.19. The van der Waals surface area contributed by atoms with Crippen molar-refractivity contribution in [2.45, 2.75) is 24.6 Å². The smallest absolute Gasteiger partial charge is 0.250 e. The third-order valence-electron chi connectivity index (χ3n) is 3.13. The predicted molar refractivity (Wildman–Crippen MR) is 87.6 cm³/mol. The van der Waals surface area contributed by atoms with Gasteiger partial charge in [0.15, 0.2) is 0 Å². The lowest BCUT2D eigenvalue weighted by atomic mass is 10.1. The van der Waals surface area contributed by atoms with Crippen LogP contribution in [0.4, 0.5) is 0 Å². The maximum Gasteiger partial charge on any atom is 0.250 e. The molecule has 1 N–H and O–H groups in total. The second kappa shape index (κ2) is 6.23. The van der Waals surface area contributed by atoms with Gasteiger partial charge < -0.3 is 4.42 Å². The zero-order valence-corrected chi connectivity index (χ0v) is 14.2. The van der Waals surface area contributed by atoms with E-state index in [1.807, 2.05) is 38.1 Å². The monoisotopic (exact) mass is 349 g/mol. The maximum absolute atomic E-state index is 12.1. The van der Waals surface area contributed by atoms with Crippen molar-refractivity contribution in [3.05, 3.63) is 52.7 Å². The molecular formula is C15H15N3O3S2. The van der Waals surface area contributed by atoms with Crippen LogP contribution in [0, 0.1) is 13.8 Å². The van der Waals surface area contributed by atoms with E-state index in [9.17, 15) is 8.42 Å². The second-order valence-corrected chi connectivity index (χ2v) is 8.34. The van der Waals surface area contributed by atoms with Gasteiger partial charge in [-0.1, -0.05) is 17.7 Å². The van der Waals surface area contributed by atoms with E-state index in [2.05, 4.69) is 14.9 Å². The highest BCUT2D eigenvalue weighted by molar-refractivity contribution is 7.91. The van der Waals surface area contributed by atoms with Gasteiger partial charge in [0.2, 0.25) is 11.8 Å². The Labute approximate surface area is 138 Å². The van der Waals surface area contributed by atoms with Gasteiger partial charge in [0.25, 0.3) is 10.0 Å². The Balaban J connectivity index is 1.72. The van der Waals surface area contributed by atoms with Crippen LogP contribution in [0.5, 0.6) is 0 Å². The summed E-state index contributed by atoms with van der Waals surface area (Å²) in [7, 11) is -3.56. The summed E-state index contributed by atoms with van der Waals surface area (Å²) in [6.45, 7) is 3.78. The van der Waals surface area contributed by atoms with E-state index >= 15 is 0 Å². The third-order valence-corrected chi connectivity index (χ3v) is 6.02. The van der Waals surface area contributed by atoms with Crippen LogP contribution in [0.3, 0.4) is 0 Å². The van der Waals surface area contributed by atoms with Crippen molar-refractivity contribution in [3.8, 4) is 11.5 Å². The minimum atomic E-state index is -3.56. The molecule has 0 atom stereocenters. The highest BCUT2D eigenvalue weighted by Crippen LogP contribution is 2.21. The number of thiophene rings is 1. The van der Waals surface area contributed by atoms with Crippen molar-refractivity contribution >= 4 is 21.4 Å². The van der Waals surface area contributed by atoms with Crippen molar-refractivity contribution in [1.82, 2.24) is 14.9 Å². The van der Waals surface area contributed by atoms with Crippen molar-refractivity contribution in [3.63, 3.8) is 0 Å². The van der Waals surface area contributed by atoms with Crippen LogP contribution < -0.4 is 4.72 Å². The molecule has 0 spiro atoms. The SMILES string of the molecule is Cc1cccc(-c2nnc(CNS(=O)(=O)c3ccc(C)s3)o2)c1. The minimum absolute atomic E-state index is 0.0436. The standard InChI is InChI=1S/C15H15N3O3S2/c1-10-4-3-5-12(8-10)15-18-17-13(21-15)9-16-23(19,20)14-7-6-11(2)22-14/h3-8,16H,9H2,1-2H3. The Bertz CT molecular complexity index is 929. The second-order valence-electron chi connectivity index (χ2n) is 5.06. The van der Waals surface area contributed by atoms with Gasteiger partial charge >= 0.3 is 0 Å². The fourth-order valence-corrected chi connectivity index (χ4v) is 4.31. The van der Waals surface area contributed by atoms with Crippen LogP contribution >= 0.6 is 11.3 Å². The Kier molecular flexibility index (Phi) is 4.29. The summed E-state index contributed by atoms with van der Waals surface area (Å²) in [6.07, 6.45) is 0. The first kappa shape index (κ1) is 15.9. The summed E-state index contributed by atoms with van der Waals surface area (Å²) in [6, 6.07) is 11.0. The molecule has 2 heterocycles. The van der Waals surface area contributed by atoms with Crippen molar-refractivity contribution < 1.29 is 12.8 Å². The molecule has 0 saturated carbocycles. The lowest BCUT2D eigenvalue weighted by Crippen LogP contribution is -2.22. The summed E-state index contributed by atoms with van der Waals surface area (Å²) in [5.41, 5.74) is 1.89. The molecule has 2 aromatic heterocycles. The Morgan fingerprint density at radius 3 is 2.70 bits per heavy atom. The van der Waals surface area contributed by atoms with Crippen LogP contribution in [0.15, 0.2) is 45.0 Å². The third kappa shape index (κ3) is 3.66. The van der Waals surface area contributed by atoms with E-state index in [-0.39, 0.29) is 16.6 Å². The summed E-state index contributed by atoms with van der Waals surface area (Å²) < 4.78 is 32.6. The van der Waals surface area contributed by atoms with Gasteiger partial charge in [-0.3, -0.25) is 0 Å². The van der Waals surface area contributed by atoms with Crippen LogP contribution in [0.2, 0.25) is 0 Å². The van der Waals surface area contributed by atoms with E-state index in [0.29, 0.717) is 5.89 Å². The highest BCUT2D eigenvalue weighted by atomic mass is 32.2. The van der Waals surface area contributed by atoms with E-state index in [4.69, 9.17) is 4.42 Å². The molecular weight excluding hydrogens is 334 g/mol. The van der Waals surface area contributed by atoms with Gasteiger partial charge in [0, 0.05) is 10.4 Å². The fourth-order valence-electron chi connectivity index (χ4n) is 2.00. The number of benzene rings is 1. The molecule has 1 aromatic carbocycles. The summed E-state index contributed by atoms with van der Waals surface area (Å²) >= 11 is 1.22. The summed E-state index contributed by atoms with van der Waals surface area (Å²) in [4.78, 5) is 0.935. The first-order valence-electron chi connectivity index (χ1n) is 6.89. The number of aryl methyl sites for hydroxylation is 2. The molecule has 0 saturated heterocycles. The lowest BCUT2D eigenvalue weighted by Gasteiger charge is -2.01. The van der Waals surface area contributed by atoms with Crippen LogP contribution in [-0.4, -0.2) is 18.6 Å². The maximum atomic E-state index is 12.1. The number of aromatic nitrogens is 2. The quantitative estimate of drug-likeness (QED) is 0.765. The van der Waals surface area contributed by atoms with Gasteiger partial charge in [-0.25, -0.2) is 13.1 Å². The Morgan fingerprint density at radius 2 is 2.00 bits per heavy atom. The van der Waals surface area contributed by atoms with E-state index in [0.717, 1.165) is 16.0 Å². The Morgan fingerprint density at radius 1 is 1.17 bits per heavy atom.